The SMILES string of the molecule is COc1cc(CC(C)N)ccc1OC(C)C(=O)N(C)C. The number of carbonyl (C=O) groups excluding carboxylic acids is 1. The Morgan fingerprint density at radius 1 is 1.30 bits per heavy atom. The van der Waals surface area contributed by atoms with Gasteiger partial charge in [0, 0.05) is 20.1 Å². The molecule has 0 saturated carbocycles. The van der Waals surface area contributed by atoms with Gasteiger partial charge in [0.15, 0.2) is 17.6 Å². The maximum absolute atomic E-state index is 11.8. The molecule has 0 aromatic heterocycles. The number of nitrogens with zero attached hydrogens (tertiary/aromatic N) is 1. The number of likely N-dealkylation sites (N-methyl/N-ethyl adjacent to an activating group) is 1. The lowest BCUT2D eigenvalue weighted by Gasteiger charge is -2.20. The molecule has 0 fully saturated rings. The van der Waals surface area contributed by atoms with Gasteiger partial charge in [-0.15, -0.1) is 0 Å². The Morgan fingerprint density at radius 2 is 1.95 bits per heavy atom. The van der Waals surface area contributed by atoms with Crippen molar-refractivity contribution in [1.82, 2.24) is 4.90 Å². The number of nitrogens with two attached hydrogens (primary N) is 1. The minimum Gasteiger partial charge on any atom is -0.493 e. The van der Waals surface area contributed by atoms with Gasteiger partial charge in [0.2, 0.25) is 0 Å². The highest BCUT2D eigenvalue weighted by atomic mass is 16.5. The zero-order chi connectivity index (χ0) is 15.3. The van der Waals surface area contributed by atoms with Gasteiger partial charge in [0.25, 0.3) is 5.91 Å². The Balaban J connectivity index is 2.87. The smallest absolute Gasteiger partial charge is 0.262 e. The van der Waals surface area contributed by atoms with E-state index < -0.39 is 6.10 Å². The minimum atomic E-state index is -0.557. The molecule has 1 rings (SSSR count). The molecule has 2 N–H and O–H groups in total. The Hall–Kier alpha value is -1.75. The van der Waals surface area contributed by atoms with Gasteiger partial charge < -0.3 is 20.1 Å². The summed E-state index contributed by atoms with van der Waals surface area (Å²) >= 11 is 0. The summed E-state index contributed by atoms with van der Waals surface area (Å²) in [4.78, 5) is 13.3. The molecule has 5 heteroatoms. The molecule has 0 aliphatic heterocycles. The number of carbonyl (C=O) groups is 1. The number of hydrogen-bond donors (Lipinski definition) is 1. The predicted molar refractivity (Wildman–Crippen MR) is 79.1 cm³/mol. The highest BCUT2D eigenvalue weighted by molar-refractivity contribution is 5.80. The first-order chi connectivity index (χ1) is 9.35. The third-order valence-electron chi connectivity index (χ3n) is 2.88. The maximum Gasteiger partial charge on any atom is 0.262 e. The molecule has 0 spiro atoms. The quantitative estimate of drug-likeness (QED) is 0.856. The molecule has 2 atom stereocenters. The Morgan fingerprint density at radius 3 is 2.45 bits per heavy atom. The summed E-state index contributed by atoms with van der Waals surface area (Å²) < 4.78 is 11.0. The van der Waals surface area contributed by atoms with Crippen molar-refractivity contribution in [2.45, 2.75) is 32.4 Å². The van der Waals surface area contributed by atoms with Crippen LogP contribution in [-0.4, -0.2) is 44.2 Å². The Labute approximate surface area is 120 Å². The first kappa shape index (κ1) is 16.3. The van der Waals surface area contributed by atoms with Crippen molar-refractivity contribution in [3.05, 3.63) is 23.8 Å². The normalized spacial score (nSPS) is 13.5. The maximum atomic E-state index is 11.8. The van der Waals surface area contributed by atoms with Gasteiger partial charge in [-0.05, 0) is 38.0 Å². The van der Waals surface area contributed by atoms with E-state index in [1.807, 2.05) is 25.1 Å². The van der Waals surface area contributed by atoms with Gasteiger partial charge >= 0.3 is 0 Å². The molecule has 20 heavy (non-hydrogen) atoms. The highest BCUT2D eigenvalue weighted by Crippen LogP contribution is 2.29. The average molecular weight is 280 g/mol. The molecule has 0 aliphatic carbocycles. The number of rotatable bonds is 6. The van der Waals surface area contributed by atoms with E-state index in [9.17, 15) is 4.79 Å². The van der Waals surface area contributed by atoms with Crippen molar-refractivity contribution in [2.75, 3.05) is 21.2 Å². The summed E-state index contributed by atoms with van der Waals surface area (Å²) in [6.45, 7) is 3.67. The van der Waals surface area contributed by atoms with Crippen LogP contribution >= 0.6 is 0 Å². The van der Waals surface area contributed by atoms with E-state index in [4.69, 9.17) is 15.2 Å². The topological polar surface area (TPSA) is 64.8 Å². The summed E-state index contributed by atoms with van der Waals surface area (Å²) in [7, 11) is 4.98. The van der Waals surface area contributed by atoms with Crippen LogP contribution in [0.25, 0.3) is 0 Å². The third kappa shape index (κ3) is 4.42. The van der Waals surface area contributed by atoms with Crippen molar-refractivity contribution in [3.8, 4) is 11.5 Å². The average Bonchev–Trinajstić information content (AvgIpc) is 2.38. The van der Waals surface area contributed by atoms with Crippen molar-refractivity contribution in [3.63, 3.8) is 0 Å². The minimum absolute atomic E-state index is 0.0840. The van der Waals surface area contributed by atoms with Crippen molar-refractivity contribution in [2.24, 2.45) is 5.73 Å². The molecule has 112 valence electrons. The summed E-state index contributed by atoms with van der Waals surface area (Å²) in [5.74, 6) is 1.08. The van der Waals surface area contributed by atoms with Gasteiger partial charge in [-0.25, -0.2) is 0 Å². The van der Waals surface area contributed by atoms with Gasteiger partial charge in [-0.2, -0.15) is 0 Å². The zero-order valence-electron chi connectivity index (χ0n) is 12.8. The summed E-state index contributed by atoms with van der Waals surface area (Å²) in [6.07, 6.45) is 0.209. The monoisotopic (exact) mass is 280 g/mol. The fraction of sp³-hybridized carbons (Fsp3) is 0.533. The van der Waals surface area contributed by atoms with Crippen molar-refractivity contribution < 1.29 is 14.3 Å². The van der Waals surface area contributed by atoms with Gasteiger partial charge in [-0.3, -0.25) is 4.79 Å². The van der Waals surface area contributed by atoms with E-state index in [1.165, 1.54) is 4.90 Å². The zero-order valence-corrected chi connectivity index (χ0v) is 12.8. The van der Waals surface area contributed by atoms with Crippen LogP contribution in [-0.2, 0) is 11.2 Å². The van der Waals surface area contributed by atoms with Crippen LogP contribution < -0.4 is 15.2 Å². The largest absolute Gasteiger partial charge is 0.493 e. The molecular formula is C15H24N2O3. The van der Waals surface area contributed by atoms with Gasteiger partial charge in [0.05, 0.1) is 7.11 Å². The van der Waals surface area contributed by atoms with Gasteiger partial charge in [0.1, 0.15) is 0 Å². The molecule has 0 bridgehead atoms. The number of hydrogen-bond acceptors (Lipinski definition) is 4. The van der Waals surface area contributed by atoms with Crippen LogP contribution in [0.15, 0.2) is 18.2 Å². The molecule has 1 aromatic rings. The fourth-order valence-corrected chi connectivity index (χ4v) is 1.91. The van der Waals surface area contributed by atoms with Gasteiger partial charge in [-0.1, -0.05) is 6.07 Å². The van der Waals surface area contributed by atoms with Crippen LogP contribution in [0.2, 0.25) is 0 Å². The van der Waals surface area contributed by atoms with Crippen LogP contribution in [0.3, 0.4) is 0 Å². The predicted octanol–water partition coefficient (Wildman–Crippen LogP) is 1.44. The van der Waals surface area contributed by atoms with Crippen LogP contribution in [0.1, 0.15) is 19.4 Å². The van der Waals surface area contributed by atoms with E-state index in [1.54, 1.807) is 28.1 Å². The second-order valence-corrected chi connectivity index (χ2v) is 5.16. The number of amides is 1. The fourth-order valence-electron chi connectivity index (χ4n) is 1.91. The summed E-state index contributed by atoms with van der Waals surface area (Å²) in [6, 6.07) is 5.73. The molecule has 1 amide bonds. The molecule has 0 heterocycles. The summed E-state index contributed by atoms with van der Waals surface area (Å²) in [5.41, 5.74) is 6.86. The first-order valence-electron chi connectivity index (χ1n) is 6.65. The number of methoxy groups -OCH3 is 1. The van der Waals surface area contributed by atoms with E-state index >= 15 is 0 Å². The molecule has 0 saturated heterocycles. The number of benzene rings is 1. The lowest BCUT2D eigenvalue weighted by atomic mass is 10.1. The van der Waals surface area contributed by atoms with E-state index in [2.05, 4.69) is 0 Å². The summed E-state index contributed by atoms with van der Waals surface area (Å²) in [5, 5.41) is 0. The molecule has 1 aromatic carbocycles. The molecule has 5 nitrogen and oxygen atoms in total. The molecule has 0 radical (unpaired) electrons. The van der Waals surface area contributed by atoms with Crippen LogP contribution in [0.5, 0.6) is 11.5 Å². The van der Waals surface area contributed by atoms with E-state index in [0.717, 1.165) is 12.0 Å². The lowest BCUT2D eigenvalue weighted by Crippen LogP contribution is -2.35. The molecule has 0 aliphatic rings. The Bertz CT molecular complexity index is 458. The molecule has 2 unspecified atom stereocenters. The number of ether oxygens (including phenoxy) is 2. The first-order valence-corrected chi connectivity index (χ1v) is 6.65. The lowest BCUT2D eigenvalue weighted by molar-refractivity contribution is -0.135. The van der Waals surface area contributed by atoms with Crippen molar-refractivity contribution in [1.29, 1.82) is 0 Å². The standard InChI is InChI=1S/C15H24N2O3/c1-10(16)8-12-6-7-13(14(9-12)19-5)20-11(2)15(18)17(3)4/h6-7,9-11H,8,16H2,1-5H3. The van der Waals surface area contributed by atoms with Crippen molar-refractivity contribution >= 4 is 5.91 Å². The van der Waals surface area contributed by atoms with E-state index in [0.29, 0.717) is 11.5 Å². The second kappa shape index (κ2) is 7.14. The molecular weight excluding hydrogens is 256 g/mol. The highest BCUT2D eigenvalue weighted by Gasteiger charge is 2.18. The Kier molecular flexibility index (Phi) is 5.82. The second-order valence-electron chi connectivity index (χ2n) is 5.16. The van der Waals surface area contributed by atoms with Crippen LogP contribution in [0, 0.1) is 0 Å². The third-order valence-corrected chi connectivity index (χ3v) is 2.88. The van der Waals surface area contributed by atoms with E-state index in [-0.39, 0.29) is 11.9 Å². The van der Waals surface area contributed by atoms with Crippen LogP contribution in [0.4, 0.5) is 0 Å².